The standard InChI is InChI=1S/C14H15BrCl4O9/c15-14-13(28-10(23)4-19)12(27-9(22)3-18)11(26-8(21)2-17)6(25-14)5-24-7(20)1-16/h6,11-14H,1-5H2/t6-,11-,12+,13-,14+/m1/s1. The summed E-state index contributed by atoms with van der Waals surface area (Å²) < 4.78 is 26.0. The monoisotopic (exact) mass is 546 g/mol. The maximum absolute atomic E-state index is 11.8. The molecule has 0 saturated carbocycles. The van der Waals surface area contributed by atoms with Gasteiger partial charge in [0.25, 0.3) is 0 Å². The van der Waals surface area contributed by atoms with Gasteiger partial charge in [0.05, 0.1) is 0 Å². The predicted octanol–water partition coefficient (Wildman–Crippen LogP) is 1.34. The van der Waals surface area contributed by atoms with Crippen LogP contribution in [-0.4, -0.2) is 83.4 Å². The van der Waals surface area contributed by atoms with Crippen molar-refractivity contribution < 1.29 is 42.9 Å². The van der Waals surface area contributed by atoms with E-state index in [0.717, 1.165) is 0 Å². The van der Waals surface area contributed by atoms with Crippen molar-refractivity contribution >= 4 is 86.2 Å². The van der Waals surface area contributed by atoms with Gasteiger partial charge in [0.15, 0.2) is 23.3 Å². The van der Waals surface area contributed by atoms with Gasteiger partial charge in [-0.05, 0) is 0 Å². The minimum absolute atomic E-state index is 0.404. The van der Waals surface area contributed by atoms with Gasteiger partial charge in [-0.1, -0.05) is 15.9 Å². The van der Waals surface area contributed by atoms with Crippen LogP contribution in [0.25, 0.3) is 0 Å². The van der Waals surface area contributed by atoms with Gasteiger partial charge >= 0.3 is 23.9 Å². The smallest absolute Gasteiger partial charge is 0.321 e. The van der Waals surface area contributed by atoms with E-state index in [-0.39, 0.29) is 0 Å². The highest BCUT2D eigenvalue weighted by Gasteiger charge is 2.51. The van der Waals surface area contributed by atoms with Crippen molar-refractivity contribution in [2.24, 2.45) is 0 Å². The molecule has 0 amide bonds. The fourth-order valence-electron chi connectivity index (χ4n) is 2.16. The number of halogens is 5. The van der Waals surface area contributed by atoms with Crippen molar-refractivity contribution in [3.8, 4) is 0 Å². The third kappa shape index (κ3) is 7.72. The Morgan fingerprint density at radius 3 is 1.61 bits per heavy atom. The summed E-state index contributed by atoms with van der Waals surface area (Å²) in [7, 11) is 0. The summed E-state index contributed by atoms with van der Waals surface area (Å²) >= 11 is 24.9. The highest BCUT2D eigenvalue weighted by atomic mass is 79.9. The van der Waals surface area contributed by atoms with Crippen LogP contribution in [0.15, 0.2) is 0 Å². The molecule has 14 heteroatoms. The summed E-state index contributed by atoms with van der Waals surface area (Å²) in [6, 6.07) is 0. The maximum Gasteiger partial charge on any atom is 0.321 e. The highest BCUT2D eigenvalue weighted by Crippen LogP contribution is 2.32. The summed E-state index contributed by atoms with van der Waals surface area (Å²) in [4.78, 5) is 46.5. The first-order valence-electron chi connectivity index (χ1n) is 7.54. The number of alkyl halides is 5. The summed E-state index contributed by atoms with van der Waals surface area (Å²) in [5.74, 6) is -5.33. The average molecular weight is 549 g/mol. The number of ether oxygens (including phenoxy) is 5. The number of hydrogen-bond donors (Lipinski definition) is 0. The van der Waals surface area contributed by atoms with Crippen molar-refractivity contribution in [1.29, 1.82) is 0 Å². The predicted molar refractivity (Wildman–Crippen MR) is 101 cm³/mol. The van der Waals surface area contributed by atoms with E-state index in [0.29, 0.717) is 0 Å². The van der Waals surface area contributed by atoms with E-state index in [1.165, 1.54) is 0 Å². The van der Waals surface area contributed by atoms with E-state index in [2.05, 4.69) is 15.9 Å². The molecule has 5 atom stereocenters. The van der Waals surface area contributed by atoms with E-state index < -0.39 is 83.4 Å². The average Bonchev–Trinajstić information content (AvgIpc) is 2.69. The van der Waals surface area contributed by atoms with Gasteiger partial charge < -0.3 is 23.7 Å². The zero-order valence-electron chi connectivity index (χ0n) is 14.0. The Balaban J connectivity index is 3.17. The van der Waals surface area contributed by atoms with Crippen LogP contribution in [0.1, 0.15) is 0 Å². The van der Waals surface area contributed by atoms with Crippen LogP contribution in [0.5, 0.6) is 0 Å². The number of esters is 4. The molecule has 0 radical (unpaired) electrons. The minimum atomic E-state index is -1.36. The lowest BCUT2D eigenvalue weighted by atomic mass is 9.99. The van der Waals surface area contributed by atoms with Gasteiger partial charge in [-0.3, -0.25) is 19.2 Å². The quantitative estimate of drug-likeness (QED) is 0.239. The molecular formula is C14H15BrCl4O9. The van der Waals surface area contributed by atoms with Gasteiger partial charge in [0, 0.05) is 0 Å². The summed E-state index contributed by atoms with van der Waals surface area (Å²) in [5, 5.41) is -1.03. The van der Waals surface area contributed by atoms with Gasteiger partial charge in [0.2, 0.25) is 0 Å². The lowest BCUT2D eigenvalue weighted by Gasteiger charge is -2.42. The molecule has 1 saturated heterocycles. The minimum Gasteiger partial charge on any atom is -0.462 e. The van der Waals surface area contributed by atoms with Crippen LogP contribution in [0.3, 0.4) is 0 Å². The molecule has 0 aromatic rings. The lowest BCUT2D eigenvalue weighted by Crippen LogP contribution is -2.61. The molecule has 160 valence electrons. The SMILES string of the molecule is O=C(CCl)OC[C@H]1O[C@H](Br)[C@H](OC(=O)CCl)[C@@H](OC(=O)CCl)[C@@H]1OC(=O)CCl. The third-order valence-corrected chi connectivity index (χ3v) is 4.83. The molecule has 1 rings (SSSR count). The second-order valence-electron chi connectivity index (χ2n) is 5.11. The fraction of sp³-hybridized carbons (Fsp3) is 0.714. The van der Waals surface area contributed by atoms with Crippen molar-refractivity contribution in [3.05, 3.63) is 0 Å². The van der Waals surface area contributed by atoms with Gasteiger partial charge in [-0.15, -0.1) is 46.4 Å². The maximum atomic E-state index is 11.8. The Morgan fingerprint density at radius 1 is 0.714 bits per heavy atom. The molecule has 1 heterocycles. The van der Waals surface area contributed by atoms with Crippen LogP contribution in [0.4, 0.5) is 0 Å². The van der Waals surface area contributed by atoms with Crippen molar-refractivity contribution in [2.75, 3.05) is 30.1 Å². The van der Waals surface area contributed by atoms with Crippen molar-refractivity contribution in [3.63, 3.8) is 0 Å². The second kappa shape index (κ2) is 12.9. The molecular weight excluding hydrogens is 534 g/mol. The van der Waals surface area contributed by atoms with Gasteiger partial charge in [0.1, 0.15) is 36.2 Å². The molecule has 0 spiro atoms. The Bertz CT molecular complexity index is 579. The normalized spacial score (nSPS) is 26.8. The molecule has 0 N–H and O–H groups in total. The second-order valence-corrected chi connectivity index (χ2v) is 7.08. The first-order valence-corrected chi connectivity index (χ1v) is 10.6. The Hall–Kier alpha value is -0.520. The van der Waals surface area contributed by atoms with Crippen LogP contribution >= 0.6 is 62.3 Å². The van der Waals surface area contributed by atoms with Crippen LogP contribution in [0, 0.1) is 0 Å². The first kappa shape index (κ1) is 25.5. The first-order chi connectivity index (χ1) is 13.3. The molecule has 28 heavy (non-hydrogen) atoms. The Morgan fingerprint density at radius 2 is 1.14 bits per heavy atom. The molecule has 0 aliphatic carbocycles. The van der Waals surface area contributed by atoms with Gasteiger partial charge in [-0.2, -0.15) is 0 Å². The Labute approximate surface area is 188 Å². The van der Waals surface area contributed by atoms with Crippen molar-refractivity contribution in [1.82, 2.24) is 0 Å². The van der Waals surface area contributed by atoms with E-state index in [4.69, 9.17) is 70.1 Å². The topological polar surface area (TPSA) is 114 Å². The number of carbonyl (C=O) groups is 4. The molecule has 0 unspecified atom stereocenters. The number of rotatable bonds is 9. The molecule has 1 aliphatic rings. The number of carbonyl (C=O) groups excluding carboxylic acids is 4. The molecule has 9 nitrogen and oxygen atoms in total. The van der Waals surface area contributed by atoms with Crippen LogP contribution in [0.2, 0.25) is 0 Å². The molecule has 1 fully saturated rings. The summed E-state index contributed by atoms with van der Waals surface area (Å²) in [6.07, 6.45) is -5.07. The molecule has 0 aromatic heterocycles. The molecule has 0 bridgehead atoms. The highest BCUT2D eigenvalue weighted by molar-refractivity contribution is 9.09. The molecule has 0 aromatic carbocycles. The van der Waals surface area contributed by atoms with E-state index in [1.54, 1.807) is 0 Å². The number of hydrogen-bond acceptors (Lipinski definition) is 9. The lowest BCUT2D eigenvalue weighted by molar-refractivity contribution is -0.236. The van der Waals surface area contributed by atoms with Crippen molar-refractivity contribution in [2.45, 2.75) is 29.4 Å². The molecule has 1 aliphatic heterocycles. The van der Waals surface area contributed by atoms with E-state index >= 15 is 0 Å². The largest absolute Gasteiger partial charge is 0.462 e. The zero-order chi connectivity index (χ0) is 21.3. The van der Waals surface area contributed by atoms with Crippen LogP contribution < -0.4 is 0 Å². The fourth-order valence-corrected chi connectivity index (χ4v) is 3.12. The third-order valence-electron chi connectivity index (χ3n) is 3.22. The van der Waals surface area contributed by atoms with E-state index in [9.17, 15) is 19.2 Å². The zero-order valence-corrected chi connectivity index (χ0v) is 18.6. The van der Waals surface area contributed by atoms with E-state index in [1.807, 2.05) is 0 Å². The van der Waals surface area contributed by atoms with Crippen LogP contribution in [-0.2, 0) is 42.9 Å². The van der Waals surface area contributed by atoms with Gasteiger partial charge in [-0.25, -0.2) is 0 Å². The summed E-state index contributed by atoms with van der Waals surface area (Å²) in [5.41, 5.74) is 0. The Kier molecular flexibility index (Phi) is 11.8. The summed E-state index contributed by atoms with van der Waals surface area (Å²) in [6.45, 7) is -0.404.